The third kappa shape index (κ3) is 5.09. The fourth-order valence-electron chi connectivity index (χ4n) is 2.29. The third-order valence-corrected chi connectivity index (χ3v) is 4.17. The van der Waals surface area contributed by atoms with E-state index in [1.54, 1.807) is 12.3 Å². The molecule has 0 aliphatic heterocycles. The normalized spacial score (nSPS) is 13.5. The standard InChI is InChI=1S/C17H24ClN5O2/c1-4-5-12(6-7-23(3)11(2)19)16-14(18)8-13(9-20-16)17-21-15(10-24)22-25-17/h5,8-9,11,24H,4,6-7,10,19H2,1-3H3/b12-5+. The zero-order valence-electron chi connectivity index (χ0n) is 14.7. The summed E-state index contributed by atoms with van der Waals surface area (Å²) in [6, 6.07) is 1.75. The second-order valence-corrected chi connectivity index (χ2v) is 6.24. The van der Waals surface area contributed by atoms with Crippen LogP contribution in [0, 0.1) is 0 Å². The molecule has 2 aromatic heterocycles. The first-order valence-corrected chi connectivity index (χ1v) is 8.58. The first-order chi connectivity index (χ1) is 12.0. The topological polar surface area (TPSA) is 101 Å². The molecule has 0 bridgehead atoms. The van der Waals surface area contributed by atoms with Gasteiger partial charge in [-0.15, -0.1) is 0 Å². The van der Waals surface area contributed by atoms with Crippen LogP contribution in [0.2, 0.25) is 5.02 Å². The van der Waals surface area contributed by atoms with Crippen LogP contribution in [0.1, 0.15) is 38.2 Å². The summed E-state index contributed by atoms with van der Waals surface area (Å²) >= 11 is 6.45. The van der Waals surface area contributed by atoms with Crippen molar-refractivity contribution in [3.05, 3.63) is 34.9 Å². The van der Waals surface area contributed by atoms with Gasteiger partial charge in [-0.1, -0.05) is 29.8 Å². The molecule has 25 heavy (non-hydrogen) atoms. The summed E-state index contributed by atoms with van der Waals surface area (Å²) in [5, 5.41) is 13.2. The van der Waals surface area contributed by atoms with Crippen molar-refractivity contribution >= 4 is 17.2 Å². The van der Waals surface area contributed by atoms with Crippen molar-refractivity contribution in [2.75, 3.05) is 13.6 Å². The number of nitrogens with two attached hydrogens (primary N) is 1. The van der Waals surface area contributed by atoms with Crippen LogP contribution in [-0.2, 0) is 6.61 Å². The van der Waals surface area contributed by atoms with Gasteiger partial charge < -0.3 is 15.4 Å². The van der Waals surface area contributed by atoms with Crippen LogP contribution in [0.15, 0.2) is 22.9 Å². The van der Waals surface area contributed by atoms with Crippen LogP contribution < -0.4 is 5.73 Å². The van der Waals surface area contributed by atoms with E-state index in [1.165, 1.54) is 0 Å². The minimum atomic E-state index is -0.279. The first kappa shape index (κ1) is 19.5. The zero-order valence-corrected chi connectivity index (χ0v) is 15.5. The van der Waals surface area contributed by atoms with Gasteiger partial charge in [-0.25, -0.2) is 0 Å². The van der Waals surface area contributed by atoms with Gasteiger partial charge in [-0.2, -0.15) is 4.98 Å². The maximum atomic E-state index is 9.02. The molecule has 7 nitrogen and oxygen atoms in total. The number of halogens is 1. The number of aromatic nitrogens is 3. The number of rotatable bonds is 8. The molecule has 0 radical (unpaired) electrons. The Bertz CT molecular complexity index is 730. The zero-order chi connectivity index (χ0) is 18.4. The van der Waals surface area contributed by atoms with Crippen LogP contribution in [0.25, 0.3) is 17.0 Å². The van der Waals surface area contributed by atoms with Crippen molar-refractivity contribution < 1.29 is 9.63 Å². The molecule has 0 aromatic carbocycles. The lowest BCUT2D eigenvalue weighted by Crippen LogP contribution is -2.37. The van der Waals surface area contributed by atoms with Gasteiger partial charge in [-0.3, -0.25) is 9.88 Å². The monoisotopic (exact) mass is 365 g/mol. The van der Waals surface area contributed by atoms with Gasteiger partial charge in [0.05, 0.1) is 22.4 Å². The van der Waals surface area contributed by atoms with Gasteiger partial charge >= 0.3 is 0 Å². The number of nitrogens with zero attached hydrogens (tertiary/aromatic N) is 4. The summed E-state index contributed by atoms with van der Waals surface area (Å²) in [6.07, 6.45) is 5.45. The maximum absolute atomic E-state index is 9.02. The summed E-state index contributed by atoms with van der Waals surface area (Å²) in [6.45, 7) is 4.56. The fourth-order valence-corrected chi connectivity index (χ4v) is 2.58. The number of aliphatic hydroxyl groups excluding tert-OH is 1. The van der Waals surface area contributed by atoms with Crippen molar-refractivity contribution in [1.29, 1.82) is 0 Å². The highest BCUT2D eigenvalue weighted by atomic mass is 35.5. The molecular formula is C17H24ClN5O2. The molecule has 2 rings (SSSR count). The Morgan fingerprint density at radius 3 is 2.84 bits per heavy atom. The summed E-state index contributed by atoms with van der Waals surface area (Å²) in [5.74, 6) is 0.503. The predicted molar refractivity (Wildman–Crippen MR) is 97.6 cm³/mol. The highest BCUT2D eigenvalue weighted by molar-refractivity contribution is 6.32. The Kier molecular flexibility index (Phi) is 7.07. The number of hydrogen-bond acceptors (Lipinski definition) is 7. The molecule has 2 aromatic rings. The molecule has 1 unspecified atom stereocenters. The average Bonchev–Trinajstić information content (AvgIpc) is 3.07. The van der Waals surface area contributed by atoms with E-state index >= 15 is 0 Å². The molecule has 0 spiro atoms. The lowest BCUT2D eigenvalue weighted by Gasteiger charge is -2.21. The summed E-state index contributed by atoms with van der Waals surface area (Å²) in [4.78, 5) is 10.6. The molecule has 0 saturated carbocycles. The van der Waals surface area contributed by atoms with Gasteiger partial charge in [0.1, 0.15) is 6.61 Å². The summed E-state index contributed by atoms with van der Waals surface area (Å²) in [5.41, 5.74) is 8.32. The minimum Gasteiger partial charge on any atom is -0.388 e. The van der Waals surface area contributed by atoms with Gasteiger partial charge in [0.25, 0.3) is 5.89 Å². The van der Waals surface area contributed by atoms with E-state index in [-0.39, 0.29) is 24.5 Å². The smallest absolute Gasteiger partial charge is 0.259 e. The highest BCUT2D eigenvalue weighted by Gasteiger charge is 2.15. The van der Waals surface area contributed by atoms with E-state index in [0.717, 1.165) is 30.7 Å². The van der Waals surface area contributed by atoms with E-state index in [4.69, 9.17) is 27.0 Å². The predicted octanol–water partition coefficient (Wildman–Crippen LogP) is 2.70. The number of allylic oxidation sites excluding steroid dienone is 1. The molecule has 3 N–H and O–H groups in total. The second-order valence-electron chi connectivity index (χ2n) is 5.84. The largest absolute Gasteiger partial charge is 0.388 e. The maximum Gasteiger partial charge on any atom is 0.259 e. The molecule has 8 heteroatoms. The fraction of sp³-hybridized carbons (Fsp3) is 0.471. The van der Waals surface area contributed by atoms with Crippen molar-refractivity contribution in [3.63, 3.8) is 0 Å². The van der Waals surface area contributed by atoms with Crippen molar-refractivity contribution in [2.24, 2.45) is 5.73 Å². The van der Waals surface area contributed by atoms with E-state index in [2.05, 4.69) is 33.0 Å². The molecule has 2 heterocycles. The average molecular weight is 366 g/mol. The van der Waals surface area contributed by atoms with Gasteiger partial charge in [0, 0.05) is 12.7 Å². The molecule has 1 atom stereocenters. The third-order valence-electron chi connectivity index (χ3n) is 3.88. The number of hydrogen-bond donors (Lipinski definition) is 2. The molecule has 136 valence electrons. The van der Waals surface area contributed by atoms with Crippen molar-refractivity contribution in [3.8, 4) is 11.5 Å². The lowest BCUT2D eigenvalue weighted by atomic mass is 10.1. The van der Waals surface area contributed by atoms with E-state index in [1.807, 2.05) is 14.0 Å². The quantitative estimate of drug-likeness (QED) is 0.693. The summed E-state index contributed by atoms with van der Waals surface area (Å²) < 4.78 is 5.09. The Morgan fingerprint density at radius 2 is 2.28 bits per heavy atom. The van der Waals surface area contributed by atoms with Crippen molar-refractivity contribution in [2.45, 2.75) is 39.5 Å². The first-order valence-electron chi connectivity index (χ1n) is 8.20. The number of aliphatic hydroxyl groups is 1. The van der Waals surface area contributed by atoms with Crippen LogP contribution in [0.3, 0.4) is 0 Å². The molecule has 0 saturated heterocycles. The molecule has 0 aliphatic carbocycles. The Balaban J connectivity index is 2.22. The van der Waals surface area contributed by atoms with Crippen LogP contribution in [0.4, 0.5) is 0 Å². The molecule has 0 aliphatic rings. The van der Waals surface area contributed by atoms with Gasteiger partial charge in [0.15, 0.2) is 5.82 Å². The summed E-state index contributed by atoms with van der Waals surface area (Å²) in [7, 11) is 1.99. The molecule has 0 fully saturated rings. The van der Waals surface area contributed by atoms with Crippen LogP contribution in [0.5, 0.6) is 0 Å². The highest BCUT2D eigenvalue weighted by Crippen LogP contribution is 2.29. The van der Waals surface area contributed by atoms with E-state index < -0.39 is 0 Å². The van der Waals surface area contributed by atoms with E-state index in [9.17, 15) is 0 Å². The molecular weight excluding hydrogens is 342 g/mol. The SMILES string of the molecule is CC/C=C(\CCN(C)C(C)N)c1ncc(-c2nc(CO)no2)cc1Cl. The minimum absolute atomic E-state index is 0.00747. The number of pyridine rings is 1. The lowest BCUT2D eigenvalue weighted by molar-refractivity contribution is 0.264. The second kappa shape index (κ2) is 9.05. The van der Waals surface area contributed by atoms with Crippen molar-refractivity contribution in [1.82, 2.24) is 20.0 Å². The Hall–Kier alpha value is -1.80. The van der Waals surface area contributed by atoms with Gasteiger partial charge in [0.2, 0.25) is 0 Å². The van der Waals surface area contributed by atoms with Gasteiger partial charge in [-0.05, 0) is 38.5 Å². The Labute approximate surface area is 152 Å². The van der Waals surface area contributed by atoms with Crippen LogP contribution >= 0.6 is 11.6 Å². The van der Waals surface area contributed by atoms with Crippen LogP contribution in [-0.4, -0.2) is 44.9 Å². The Morgan fingerprint density at radius 1 is 1.52 bits per heavy atom. The molecule has 0 amide bonds. The van der Waals surface area contributed by atoms with E-state index in [0.29, 0.717) is 10.6 Å².